The summed E-state index contributed by atoms with van der Waals surface area (Å²) >= 11 is 0. The fourth-order valence-corrected chi connectivity index (χ4v) is 2.78. The lowest BCUT2D eigenvalue weighted by atomic mass is 9.91. The van der Waals surface area contributed by atoms with Gasteiger partial charge in [-0.2, -0.15) is 13.2 Å². The van der Waals surface area contributed by atoms with Gasteiger partial charge in [-0.1, -0.05) is 24.6 Å². The summed E-state index contributed by atoms with van der Waals surface area (Å²) < 4.78 is 53.4. The van der Waals surface area contributed by atoms with Gasteiger partial charge in [0, 0.05) is 18.9 Å². The number of rotatable bonds is 7. The van der Waals surface area contributed by atoms with Gasteiger partial charge in [-0.05, 0) is 19.8 Å². The molecular formula is C17H27F3NO4+. The number of unbranched alkanes of at least 4 members (excludes halogenated alkanes) is 1. The van der Waals surface area contributed by atoms with Crippen molar-refractivity contribution in [2.45, 2.75) is 70.4 Å². The number of halogens is 3. The van der Waals surface area contributed by atoms with E-state index in [1.54, 1.807) is 6.92 Å². The molecule has 8 heteroatoms. The van der Waals surface area contributed by atoms with Crippen LogP contribution in [-0.2, 0) is 19.0 Å². The largest absolute Gasteiger partial charge is 0.456 e. The molecule has 1 rings (SSSR count). The van der Waals surface area contributed by atoms with Gasteiger partial charge in [-0.15, -0.1) is 0 Å². The molecule has 5 nitrogen and oxygen atoms in total. The first-order valence-corrected chi connectivity index (χ1v) is 8.65. The van der Waals surface area contributed by atoms with Crippen molar-refractivity contribution in [1.82, 2.24) is 0 Å². The highest BCUT2D eigenvalue weighted by molar-refractivity contribution is 5.78. The number of alkyl halides is 3. The minimum atomic E-state index is -4.20. The molecule has 25 heavy (non-hydrogen) atoms. The summed E-state index contributed by atoms with van der Waals surface area (Å²) in [7, 11) is 0. The van der Waals surface area contributed by atoms with Crippen LogP contribution in [0, 0.1) is 12.5 Å². The minimum absolute atomic E-state index is 0.0263. The molecule has 4 atom stereocenters. The highest BCUT2D eigenvalue weighted by Gasteiger charge is 2.38. The SMILES string of the molecule is C#[N+][C@H]1COC[C@H](OCCCC(F)(F)F)[C@@H](CCCC)[C@H](C)OC1=O. The highest BCUT2D eigenvalue weighted by atomic mass is 19.4. The Morgan fingerprint density at radius 1 is 1.32 bits per heavy atom. The molecule has 0 aromatic rings. The number of cyclic esters (lactones) is 1. The van der Waals surface area contributed by atoms with E-state index in [4.69, 9.17) is 20.8 Å². The van der Waals surface area contributed by atoms with Gasteiger partial charge in [-0.25, -0.2) is 4.79 Å². The van der Waals surface area contributed by atoms with E-state index in [2.05, 4.69) is 4.85 Å². The molecule has 1 fully saturated rings. The lowest BCUT2D eigenvalue weighted by molar-refractivity contribution is -0.155. The topological polar surface area (TPSA) is 49.1 Å². The third kappa shape index (κ3) is 8.06. The number of esters is 1. The minimum Gasteiger partial charge on any atom is -0.456 e. The predicted octanol–water partition coefficient (Wildman–Crippen LogP) is 3.81. The van der Waals surface area contributed by atoms with Gasteiger partial charge in [-0.3, -0.25) is 0 Å². The van der Waals surface area contributed by atoms with Crippen LogP contribution in [0.3, 0.4) is 0 Å². The zero-order chi connectivity index (χ0) is 18.9. The second-order valence-corrected chi connectivity index (χ2v) is 6.28. The first kappa shape index (κ1) is 21.7. The Labute approximate surface area is 146 Å². The Kier molecular flexibility index (Phi) is 9.22. The Bertz CT molecular complexity index is 450. The van der Waals surface area contributed by atoms with Crippen molar-refractivity contribution >= 4 is 5.97 Å². The first-order valence-electron chi connectivity index (χ1n) is 8.65. The van der Waals surface area contributed by atoms with E-state index >= 15 is 0 Å². The molecule has 0 amide bonds. The summed E-state index contributed by atoms with van der Waals surface area (Å²) in [5.74, 6) is -0.722. The zero-order valence-electron chi connectivity index (χ0n) is 14.8. The van der Waals surface area contributed by atoms with E-state index in [1.165, 1.54) is 0 Å². The van der Waals surface area contributed by atoms with Gasteiger partial charge >= 0.3 is 18.2 Å². The van der Waals surface area contributed by atoms with E-state index in [-0.39, 0.29) is 32.2 Å². The Balaban J connectivity index is 2.74. The van der Waals surface area contributed by atoms with E-state index in [1.807, 2.05) is 6.92 Å². The molecule has 1 aliphatic heterocycles. The maximum Gasteiger partial charge on any atom is 0.397 e. The molecule has 0 bridgehead atoms. The lowest BCUT2D eigenvalue weighted by Crippen LogP contribution is -2.37. The Morgan fingerprint density at radius 2 is 2.04 bits per heavy atom. The number of carbonyl (C=O) groups is 1. The van der Waals surface area contributed by atoms with Crippen molar-refractivity contribution < 1.29 is 32.2 Å². The molecule has 0 N–H and O–H groups in total. The van der Waals surface area contributed by atoms with Crippen LogP contribution in [0.5, 0.6) is 0 Å². The summed E-state index contributed by atoms with van der Waals surface area (Å²) in [4.78, 5) is 15.5. The van der Waals surface area contributed by atoms with Gasteiger partial charge < -0.3 is 14.2 Å². The van der Waals surface area contributed by atoms with Gasteiger partial charge in [0.15, 0.2) is 0 Å². The molecule has 1 heterocycles. The number of hydrogen-bond acceptors (Lipinski definition) is 4. The van der Waals surface area contributed by atoms with Crippen LogP contribution >= 0.6 is 0 Å². The Hall–Kier alpha value is -1.33. The average Bonchev–Trinajstić information content (AvgIpc) is 2.58. The fourth-order valence-electron chi connectivity index (χ4n) is 2.78. The zero-order valence-corrected chi connectivity index (χ0v) is 14.8. The van der Waals surface area contributed by atoms with Crippen molar-refractivity contribution in [3.05, 3.63) is 4.85 Å². The highest BCUT2D eigenvalue weighted by Crippen LogP contribution is 2.26. The van der Waals surface area contributed by atoms with Crippen LogP contribution in [-0.4, -0.2) is 50.2 Å². The van der Waals surface area contributed by atoms with Crippen molar-refractivity contribution in [3.8, 4) is 6.57 Å². The first-order chi connectivity index (χ1) is 11.8. The normalized spacial score (nSPS) is 28.4. The summed E-state index contributed by atoms with van der Waals surface area (Å²) in [5.41, 5.74) is 0. The maximum absolute atomic E-state index is 12.3. The third-order valence-electron chi connectivity index (χ3n) is 4.22. The lowest BCUT2D eigenvalue weighted by Gasteiger charge is -2.30. The monoisotopic (exact) mass is 366 g/mol. The smallest absolute Gasteiger partial charge is 0.397 e. The van der Waals surface area contributed by atoms with E-state index in [9.17, 15) is 18.0 Å². The molecule has 144 valence electrons. The molecule has 0 aromatic heterocycles. The van der Waals surface area contributed by atoms with Crippen LogP contribution in [0.15, 0.2) is 0 Å². The standard InChI is InChI=1S/C17H27F3NO4/c1-4-5-7-13-12(2)25-16(22)14(21-3)10-23-11-15(13)24-9-6-8-17(18,19)20/h3,12-15H,4-11H2,1-2H3/q+1/t12-,13-,14-,15-/m0/s1. The van der Waals surface area contributed by atoms with Gasteiger partial charge in [0.1, 0.15) is 12.7 Å². The molecule has 0 radical (unpaired) electrons. The molecule has 0 aromatic carbocycles. The van der Waals surface area contributed by atoms with Crippen molar-refractivity contribution in [3.63, 3.8) is 0 Å². The maximum atomic E-state index is 12.3. The molecule has 1 saturated heterocycles. The number of nitrogens with zero attached hydrogens (tertiary/aromatic N) is 1. The van der Waals surface area contributed by atoms with Crippen LogP contribution in [0.4, 0.5) is 13.2 Å². The van der Waals surface area contributed by atoms with E-state index in [0.29, 0.717) is 0 Å². The van der Waals surface area contributed by atoms with Crippen molar-refractivity contribution in [2.24, 2.45) is 5.92 Å². The summed E-state index contributed by atoms with van der Waals surface area (Å²) in [6.07, 6.45) is -3.55. The van der Waals surface area contributed by atoms with Crippen LogP contribution in [0.25, 0.3) is 4.85 Å². The molecule has 0 aliphatic carbocycles. The fraction of sp³-hybridized carbons (Fsp3) is 0.882. The van der Waals surface area contributed by atoms with E-state index in [0.717, 1.165) is 19.3 Å². The summed E-state index contributed by atoms with van der Waals surface area (Å²) in [5, 5.41) is 0. The number of hydrogen-bond donors (Lipinski definition) is 0. The second-order valence-electron chi connectivity index (χ2n) is 6.28. The van der Waals surface area contributed by atoms with Gasteiger partial charge in [0.05, 0.1) is 12.7 Å². The molecule has 0 spiro atoms. The second kappa shape index (κ2) is 10.6. The van der Waals surface area contributed by atoms with Crippen LogP contribution in [0.2, 0.25) is 0 Å². The molecule has 0 saturated carbocycles. The molecule has 0 unspecified atom stereocenters. The number of carbonyl (C=O) groups excluding carboxylic acids is 1. The van der Waals surface area contributed by atoms with Gasteiger partial charge in [0.25, 0.3) is 6.57 Å². The summed E-state index contributed by atoms with van der Waals surface area (Å²) in [6.45, 7) is 9.09. The van der Waals surface area contributed by atoms with Crippen molar-refractivity contribution in [2.75, 3.05) is 19.8 Å². The van der Waals surface area contributed by atoms with Gasteiger partial charge in [0.2, 0.25) is 0 Å². The Morgan fingerprint density at radius 3 is 2.64 bits per heavy atom. The van der Waals surface area contributed by atoms with Crippen LogP contribution < -0.4 is 0 Å². The summed E-state index contributed by atoms with van der Waals surface area (Å²) in [6, 6.07) is -0.904. The molecule has 1 aliphatic rings. The predicted molar refractivity (Wildman–Crippen MR) is 86.5 cm³/mol. The quantitative estimate of drug-likeness (QED) is 0.508. The average molecular weight is 366 g/mol. The van der Waals surface area contributed by atoms with Crippen molar-refractivity contribution in [1.29, 1.82) is 0 Å². The molecular weight excluding hydrogens is 339 g/mol. The van der Waals surface area contributed by atoms with E-state index < -0.39 is 36.8 Å². The van der Waals surface area contributed by atoms with Crippen LogP contribution in [0.1, 0.15) is 46.0 Å². The third-order valence-corrected chi connectivity index (χ3v) is 4.22. The number of ether oxygens (including phenoxy) is 3.